The Hall–Kier alpha value is -2.35. The molecule has 7 nitrogen and oxygen atoms in total. The van der Waals surface area contributed by atoms with Crippen molar-refractivity contribution in [1.29, 1.82) is 0 Å². The fraction of sp³-hybridized carbons (Fsp3) is 0.400. The summed E-state index contributed by atoms with van der Waals surface area (Å²) in [5, 5.41) is 0.231. The molecule has 0 saturated heterocycles. The largest absolute Gasteiger partial charge is 0.746 e. The first-order chi connectivity index (χ1) is 10.7. The van der Waals surface area contributed by atoms with Crippen molar-refractivity contribution >= 4 is 31.9 Å². The molecule has 0 spiro atoms. The molecule has 0 bridgehead atoms. The van der Waals surface area contributed by atoms with Crippen molar-refractivity contribution in [3.63, 3.8) is 0 Å². The quantitative estimate of drug-likeness (QED) is 0.721. The van der Waals surface area contributed by atoms with Gasteiger partial charge in [-0.2, -0.15) is 0 Å². The first kappa shape index (κ1) is 18.7. The third-order valence-electron chi connectivity index (χ3n) is 2.41. The molecule has 0 saturated carbocycles. The molecule has 0 heterocycles. The number of rotatable bonds is 6. The number of hydrogen-bond acceptors (Lipinski definition) is 7. The Morgan fingerprint density at radius 2 is 1.30 bits per heavy atom. The lowest BCUT2D eigenvalue weighted by Crippen LogP contribution is -2.59. The zero-order valence-electron chi connectivity index (χ0n) is 13.7. The number of hydrogen-bond donors (Lipinski definition) is 0. The third kappa shape index (κ3) is 5.40. The van der Waals surface area contributed by atoms with E-state index in [9.17, 15) is 14.4 Å². The van der Waals surface area contributed by atoms with Crippen molar-refractivity contribution in [2.75, 3.05) is 0 Å². The lowest BCUT2D eigenvalue weighted by Gasteiger charge is -2.27. The van der Waals surface area contributed by atoms with Crippen LogP contribution in [-0.4, -0.2) is 32.8 Å². The van der Waals surface area contributed by atoms with E-state index < -0.39 is 26.7 Å². The van der Waals surface area contributed by atoms with Crippen LogP contribution >= 0.6 is 0 Å². The smallest absolute Gasteiger partial charge is 0.491 e. The summed E-state index contributed by atoms with van der Waals surface area (Å²) < 4.78 is 21.3. The molecule has 0 atom stereocenters. The van der Waals surface area contributed by atoms with E-state index in [2.05, 4.69) is 0 Å². The van der Waals surface area contributed by atoms with Crippen molar-refractivity contribution in [2.24, 2.45) is 0 Å². The van der Waals surface area contributed by atoms with Gasteiger partial charge in [0.15, 0.2) is 0 Å². The highest BCUT2D eigenvalue weighted by Gasteiger charge is 2.56. The number of carbonyl (C=O) groups is 3. The molecule has 23 heavy (non-hydrogen) atoms. The third-order valence-corrected chi connectivity index (χ3v) is 5.16. The minimum Gasteiger partial charge on any atom is -0.491 e. The number of ether oxygens (including phenoxy) is 1. The van der Waals surface area contributed by atoms with Crippen LogP contribution in [-0.2, 0) is 27.7 Å². The molecular weight excluding hydrogens is 320 g/mol. The SMILES string of the molecule is CC(=O)O[Si](OC(C)=O)(OC(C)=O)c1ccccc1OC(C)C. The summed E-state index contributed by atoms with van der Waals surface area (Å²) in [5.41, 5.74) is 0. The molecular formula is C15H20O7Si. The summed E-state index contributed by atoms with van der Waals surface area (Å²) in [6.07, 6.45) is -0.185. The van der Waals surface area contributed by atoms with Gasteiger partial charge in [-0.15, -0.1) is 0 Å². The predicted octanol–water partition coefficient (Wildman–Crippen LogP) is 1.31. The summed E-state index contributed by atoms with van der Waals surface area (Å²) in [5.74, 6) is -1.89. The number of para-hydroxylation sites is 1. The van der Waals surface area contributed by atoms with E-state index in [-0.39, 0.29) is 11.3 Å². The van der Waals surface area contributed by atoms with Crippen LogP contribution in [0.25, 0.3) is 0 Å². The van der Waals surface area contributed by atoms with Crippen molar-refractivity contribution < 1.29 is 32.4 Å². The molecule has 1 aromatic rings. The van der Waals surface area contributed by atoms with Gasteiger partial charge in [-0.1, -0.05) is 12.1 Å². The van der Waals surface area contributed by atoms with Gasteiger partial charge in [-0.25, -0.2) is 0 Å². The Balaban J connectivity index is 3.50. The Labute approximate surface area is 135 Å². The van der Waals surface area contributed by atoms with Crippen LogP contribution < -0.4 is 9.92 Å². The van der Waals surface area contributed by atoms with Crippen molar-refractivity contribution in [2.45, 2.75) is 40.7 Å². The molecule has 8 heteroatoms. The normalized spacial score (nSPS) is 10.9. The molecule has 1 rings (SSSR count). The van der Waals surface area contributed by atoms with Crippen LogP contribution in [0.3, 0.4) is 0 Å². The van der Waals surface area contributed by atoms with E-state index in [1.807, 2.05) is 13.8 Å². The van der Waals surface area contributed by atoms with Crippen LogP contribution in [0.15, 0.2) is 24.3 Å². The molecule has 0 aromatic heterocycles. The van der Waals surface area contributed by atoms with Gasteiger partial charge in [-0.3, -0.25) is 14.4 Å². The average molecular weight is 340 g/mol. The van der Waals surface area contributed by atoms with Crippen LogP contribution in [0.5, 0.6) is 5.75 Å². The Morgan fingerprint density at radius 1 is 0.870 bits per heavy atom. The monoisotopic (exact) mass is 340 g/mol. The van der Waals surface area contributed by atoms with Crippen molar-refractivity contribution in [3.8, 4) is 5.75 Å². The van der Waals surface area contributed by atoms with Gasteiger partial charge in [0.1, 0.15) is 10.9 Å². The van der Waals surface area contributed by atoms with Crippen LogP contribution in [0.2, 0.25) is 0 Å². The second kappa shape index (κ2) is 7.77. The molecule has 0 amide bonds. The van der Waals surface area contributed by atoms with E-state index in [1.165, 1.54) is 0 Å². The molecule has 0 unspecified atom stereocenters. The van der Waals surface area contributed by atoms with E-state index in [0.717, 1.165) is 20.8 Å². The number of benzene rings is 1. The van der Waals surface area contributed by atoms with Crippen LogP contribution in [0.4, 0.5) is 0 Å². The van der Waals surface area contributed by atoms with Crippen molar-refractivity contribution in [3.05, 3.63) is 24.3 Å². The molecule has 0 fully saturated rings. The van der Waals surface area contributed by atoms with Gasteiger partial charge in [-0.05, 0) is 26.0 Å². The molecule has 0 N–H and O–H groups in total. The highest BCUT2D eigenvalue weighted by atomic mass is 28.4. The Morgan fingerprint density at radius 3 is 1.70 bits per heavy atom. The lowest BCUT2D eigenvalue weighted by atomic mass is 10.3. The summed E-state index contributed by atoms with van der Waals surface area (Å²) in [6.45, 7) is 7.04. The van der Waals surface area contributed by atoms with Gasteiger partial charge in [0.05, 0.1) is 6.10 Å². The highest BCUT2D eigenvalue weighted by molar-refractivity contribution is 6.79. The minimum absolute atomic E-state index is 0.185. The summed E-state index contributed by atoms with van der Waals surface area (Å²) in [4.78, 5) is 34.6. The second-order valence-corrected chi connectivity index (χ2v) is 7.26. The molecule has 1 aromatic carbocycles. The van der Waals surface area contributed by atoms with Gasteiger partial charge in [0.2, 0.25) is 0 Å². The fourth-order valence-electron chi connectivity index (χ4n) is 1.87. The van der Waals surface area contributed by atoms with Crippen molar-refractivity contribution in [1.82, 2.24) is 0 Å². The number of carbonyl (C=O) groups excluding carboxylic acids is 3. The first-order valence-corrected chi connectivity index (χ1v) is 8.73. The predicted molar refractivity (Wildman–Crippen MR) is 82.9 cm³/mol. The van der Waals surface area contributed by atoms with Gasteiger partial charge >= 0.3 is 8.80 Å². The standard InChI is InChI=1S/C15H20O7Si/c1-10(2)19-14-8-6-7-9-15(14)23(20-11(3)16,21-12(4)17)22-13(5)18/h6-10H,1-5H3. The zero-order chi connectivity index (χ0) is 17.6. The topological polar surface area (TPSA) is 88.1 Å². The van der Waals surface area contributed by atoms with Gasteiger partial charge in [0, 0.05) is 20.8 Å². The molecule has 0 aliphatic heterocycles. The van der Waals surface area contributed by atoms with E-state index in [4.69, 9.17) is 18.0 Å². The highest BCUT2D eigenvalue weighted by Crippen LogP contribution is 2.20. The molecule has 126 valence electrons. The maximum Gasteiger partial charge on any atom is 0.746 e. The Kier molecular flexibility index (Phi) is 6.32. The van der Waals surface area contributed by atoms with Gasteiger partial charge < -0.3 is 18.0 Å². The van der Waals surface area contributed by atoms with Gasteiger partial charge in [0.25, 0.3) is 17.9 Å². The van der Waals surface area contributed by atoms with Crippen LogP contribution in [0, 0.1) is 0 Å². The molecule has 0 aliphatic carbocycles. The maximum absolute atomic E-state index is 11.5. The maximum atomic E-state index is 11.5. The molecule has 0 aliphatic rings. The average Bonchev–Trinajstić information content (AvgIpc) is 2.35. The summed E-state index contributed by atoms with van der Waals surface area (Å²) in [7, 11) is -4.15. The minimum atomic E-state index is -4.15. The summed E-state index contributed by atoms with van der Waals surface area (Å²) >= 11 is 0. The first-order valence-electron chi connectivity index (χ1n) is 7.01. The zero-order valence-corrected chi connectivity index (χ0v) is 14.7. The summed E-state index contributed by atoms with van der Waals surface area (Å²) in [6, 6.07) is 6.50. The van der Waals surface area contributed by atoms with E-state index in [0.29, 0.717) is 5.75 Å². The fourth-order valence-corrected chi connectivity index (χ4v) is 4.21. The van der Waals surface area contributed by atoms with E-state index in [1.54, 1.807) is 24.3 Å². The van der Waals surface area contributed by atoms with Crippen LogP contribution in [0.1, 0.15) is 34.6 Å². The lowest BCUT2D eigenvalue weighted by molar-refractivity contribution is -0.146. The molecule has 0 radical (unpaired) electrons. The Bertz CT molecular complexity index is 556. The van der Waals surface area contributed by atoms with E-state index >= 15 is 0 Å². The second-order valence-electron chi connectivity index (χ2n) is 5.00.